The summed E-state index contributed by atoms with van der Waals surface area (Å²) < 4.78 is 8.47. The van der Waals surface area contributed by atoms with E-state index in [0.717, 1.165) is 24.4 Å². The second-order valence-electron chi connectivity index (χ2n) is 6.70. The Morgan fingerprint density at radius 2 is 1.82 bits per heavy atom. The molecule has 1 aliphatic rings. The second kappa shape index (κ2) is 8.92. The summed E-state index contributed by atoms with van der Waals surface area (Å²) in [5.41, 5.74) is 1.57. The van der Waals surface area contributed by atoms with Gasteiger partial charge in [-0.05, 0) is 61.5 Å². The average Bonchev–Trinajstić information content (AvgIpc) is 3.17. The first-order valence-electron chi connectivity index (χ1n) is 9.04. The van der Waals surface area contributed by atoms with Crippen molar-refractivity contribution in [3.05, 3.63) is 46.0 Å². The van der Waals surface area contributed by atoms with Gasteiger partial charge >= 0.3 is 5.97 Å². The van der Waals surface area contributed by atoms with Gasteiger partial charge in [0.05, 0.1) is 18.4 Å². The lowest BCUT2D eigenvalue weighted by Crippen LogP contribution is -2.41. The molecule has 1 saturated heterocycles. The quantitative estimate of drug-likeness (QED) is 0.767. The van der Waals surface area contributed by atoms with Crippen LogP contribution >= 0.6 is 11.5 Å². The maximum Gasteiger partial charge on any atom is 0.337 e. The van der Waals surface area contributed by atoms with Crippen LogP contribution in [0.4, 0.5) is 0 Å². The van der Waals surface area contributed by atoms with Crippen LogP contribution in [0.5, 0.6) is 0 Å². The molecule has 0 spiro atoms. The molecule has 1 aromatic carbocycles. The van der Waals surface area contributed by atoms with Crippen molar-refractivity contribution in [2.75, 3.05) is 26.7 Å². The fourth-order valence-corrected chi connectivity index (χ4v) is 3.75. The zero-order chi connectivity index (χ0) is 20.1. The topological polar surface area (TPSA) is 101 Å². The molecule has 1 fully saturated rings. The third-order valence-corrected chi connectivity index (χ3v) is 5.68. The molecule has 8 nitrogen and oxygen atoms in total. The van der Waals surface area contributed by atoms with E-state index in [1.807, 2.05) is 4.90 Å². The average molecular weight is 402 g/mol. The summed E-state index contributed by atoms with van der Waals surface area (Å²) in [6.45, 7) is 3.66. The first kappa shape index (κ1) is 19.9. The molecule has 0 radical (unpaired) electrons. The van der Waals surface area contributed by atoms with E-state index in [4.69, 9.17) is 0 Å². The highest BCUT2D eigenvalue weighted by Crippen LogP contribution is 2.20. The smallest absolute Gasteiger partial charge is 0.337 e. The van der Waals surface area contributed by atoms with Gasteiger partial charge in [0.15, 0.2) is 0 Å². The van der Waals surface area contributed by atoms with Crippen LogP contribution in [-0.2, 0) is 4.74 Å². The highest BCUT2D eigenvalue weighted by atomic mass is 32.1. The van der Waals surface area contributed by atoms with Crippen LogP contribution in [0.2, 0.25) is 0 Å². The molecule has 0 aliphatic carbocycles. The Labute approximate surface area is 167 Å². The van der Waals surface area contributed by atoms with Crippen molar-refractivity contribution in [1.82, 2.24) is 19.8 Å². The number of nitrogens with zero attached hydrogens (tertiary/aromatic N) is 3. The predicted octanol–water partition coefficient (Wildman–Crippen LogP) is 1.92. The largest absolute Gasteiger partial charge is 0.465 e. The molecule has 1 aromatic heterocycles. The van der Waals surface area contributed by atoms with Gasteiger partial charge in [-0.25, -0.2) is 4.79 Å². The van der Waals surface area contributed by atoms with Crippen LogP contribution in [0.3, 0.4) is 0 Å². The zero-order valence-corrected chi connectivity index (χ0v) is 16.6. The van der Waals surface area contributed by atoms with Crippen LogP contribution in [-0.4, -0.2) is 59.0 Å². The molecule has 1 N–H and O–H groups in total. The summed E-state index contributed by atoms with van der Waals surface area (Å²) in [5.74, 6) is -0.303. The Morgan fingerprint density at radius 3 is 2.39 bits per heavy atom. The molecule has 9 heteroatoms. The fourth-order valence-electron chi connectivity index (χ4n) is 3.13. The number of aryl methyl sites for hydroxylation is 1. The van der Waals surface area contributed by atoms with Gasteiger partial charge in [0, 0.05) is 25.2 Å². The fraction of sp³-hybridized carbons (Fsp3) is 0.421. The van der Waals surface area contributed by atoms with Gasteiger partial charge in [0.25, 0.3) is 11.8 Å². The number of rotatable bonds is 5. The number of carbonyl (C=O) groups excluding carboxylic acids is 3. The molecule has 1 aliphatic heterocycles. The molecule has 2 heterocycles. The normalized spacial score (nSPS) is 14.6. The van der Waals surface area contributed by atoms with Gasteiger partial charge in [0.2, 0.25) is 0 Å². The SMILES string of the molecule is COC(=O)c1ccc(C(=O)NCC2CCN(C(=O)c3snnc3C)CC2)cc1. The van der Waals surface area contributed by atoms with E-state index in [0.29, 0.717) is 47.3 Å². The molecule has 148 valence electrons. The number of likely N-dealkylation sites (tertiary alicyclic amines) is 1. The minimum absolute atomic E-state index is 0.0133. The third kappa shape index (κ3) is 4.53. The van der Waals surface area contributed by atoms with E-state index in [2.05, 4.69) is 19.6 Å². The minimum Gasteiger partial charge on any atom is -0.465 e. The maximum atomic E-state index is 12.5. The van der Waals surface area contributed by atoms with Gasteiger partial charge in [0.1, 0.15) is 4.88 Å². The Balaban J connectivity index is 1.46. The third-order valence-electron chi connectivity index (χ3n) is 4.87. The van der Waals surface area contributed by atoms with Crippen LogP contribution in [0.25, 0.3) is 0 Å². The van der Waals surface area contributed by atoms with E-state index >= 15 is 0 Å². The lowest BCUT2D eigenvalue weighted by molar-refractivity contribution is 0.0600. The van der Waals surface area contributed by atoms with Gasteiger partial charge in [-0.2, -0.15) is 0 Å². The van der Waals surface area contributed by atoms with Crippen LogP contribution < -0.4 is 5.32 Å². The van der Waals surface area contributed by atoms with Crippen molar-refractivity contribution in [3.8, 4) is 0 Å². The number of piperidine rings is 1. The Hall–Kier alpha value is -2.81. The minimum atomic E-state index is -0.433. The highest BCUT2D eigenvalue weighted by Gasteiger charge is 2.26. The lowest BCUT2D eigenvalue weighted by Gasteiger charge is -2.31. The van der Waals surface area contributed by atoms with E-state index in [9.17, 15) is 14.4 Å². The number of amides is 2. The van der Waals surface area contributed by atoms with Crippen molar-refractivity contribution >= 4 is 29.3 Å². The number of esters is 1. The number of benzene rings is 1. The molecule has 2 amide bonds. The molecule has 3 rings (SSSR count). The molecule has 0 bridgehead atoms. The number of ether oxygens (including phenoxy) is 1. The van der Waals surface area contributed by atoms with Crippen LogP contribution in [0, 0.1) is 12.8 Å². The molecule has 0 atom stereocenters. The monoisotopic (exact) mass is 402 g/mol. The number of hydrogen-bond donors (Lipinski definition) is 1. The summed E-state index contributed by atoms with van der Waals surface area (Å²) in [6, 6.07) is 6.35. The van der Waals surface area contributed by atoms with Gasteiger partial charge < -0.3 is 15.0 Å². The van der Waals surface area contributed by atoms with Crippen LogP contribution in [0.15, 0.2) is 24.3 Å². The Kier molecular flexibility index (Phi) is 6.35. The number of aromatic nitrogens is 2. The van der Waals surface area contributed by atoms with Crippen molar-refractivity contribution in [2.24, 2.45) is 5.92 Å². The predicted molar refractivity (Wildman–Crippen MR) is 103 cm³/mol. The molecule has 28 heavy (non-hydrogen) atoms. The number of methoxy groups -OCH3 is 1. The van der Waals surface area contributed by atoms with E-state index in [1.54, 1.807) is 31.2 Å². The molecule has 2 aromatic rings. The maximum absolute atomic E-state index is 12.5. The first-order valence-corrected chi connectivity index (χ1v) is 9.81. The summed E-state index contributed by atoms with van der Waals surface area (Å²) in [5, 5.41) is 6.83. The molecular weight excluding hydrogens is 380 g/mol. The molecular formula is C19H22N4O4S. The number of carbonyl (C=O) groups is 3. The van der Waals surface area contributed by atoms with Crippen molar-refractivity contribution in [3.63, 3.8) is 0 Å². The van der Waals surface area contributed by atoms with Gasteiger partial charge in [-0.15, -0.1) is 5.10 Å². The zero-order valence-electron chi connectivity index (χ0n) is 15.8. The van der Waals surface area contributed by atoms with Gasteiger partial charge in [-0.1, -0.05) is 4.49 Å². The van der Waals surface area contributed by atoms with E-state index in [1.165, 1.54) is 7.11 Å². The van der Waals surface area contributed by atoms with E-state index in [-0.39, 0.29) is 11.8 Å². The standard InChI is InChI=1S/C19H22N4O4S/c1-12-16(28-22-21-12)18(25)23-9-7-13(8-10-23)11-20-17(24)14-3-5-15(6-4-14)19(26)27-2/h3-6,13H,7-11H2,1-2H3,(H,20,24). The number of hydrogen-bond acceptors (Lipinski definition) is 7. The number of nitrogens with one attached hydrogen (secondary N) is 1. The first-order chi connectivity index (χ1) is 13.5. The Bertz CT molecular complexity index is 857. The molecule has 0 saturated carbocycles. The van der Waals surface area contributed by atoms with E-state index < -0.39 is 5.97 Å². The lowest BCUT2D eigenvalue weighted by atomic mass is 9.96. The van der Waals surface area contributed by atoms with Crippen LogP contribution in [0.1, 0.15) is 48.9 Å². The highest BCUT2D eigenvalue weighted by molar-refractivity contribution is 7.07. The van der Waals surface area contributed by atoms with Crippen molar-refractivity contribution < 1.29 is 19.1 Å². The van der Waals surface area contributed by atoms with Crippen molar-refractivity contribution in [2.45, 2.75) is 19.8 Å². The van der Waals surface area contributed by atoms with Gasteiger partial charge in [-0.3, -0.25) is 9.59 Å². The summed E-state index contributed by atoms with van der Waals surface area (Å²) in [4.78, 5) is 38.7. The summed E-state index contributed by atoms with van der Waals surface area (Å²) in [7, 11) is 1.32. The Morgan fingerprint density at radius 1 is 1.18 bits per heavy atom. The second-order valence-corrected chi connectivity index (χ2v) is 7.46. The molecule has 0 unspecified atom stereocenters. The van der Waals surface area contributed by atoms with Crippen molar-refractivity contribution in [1.29, 1.82) is 0 Å². The summed E-state index contributed by atoms with van der Waals surface area (Å²) in [6.07, 6.45) is 1.66. The summed E-state index contributed by atoms with van der Waals surface area (Å²) >= 11 is 1.13.